The number of aliphatic hydroxyl groups excluding tert-OH is 1. The minimum atomic E-state index is -0.842. The number of ether oxygens (including phenoxy) is 1. The van der Waals surface area contributed by atoms with Crippen molar-refractivity contribution in [2.24, 2.45) is 0 Å². The van der Waals surface area contributed by atoms with Crippen LogP contribution in [0.3, 0.4) is 0 Å². The molecule has 5 nitrogen and oxygen atoms in total. The third-order valence-electron chi connectivity index (χ3n) is 2.17. The SMILES string of the molecule is C[C@H]1[C@H](O)C=CC(=O)N1C(=O)OC(C)(C)C. The Hall–Kier alpha value is -1.36. The molecule has 0 saturated carbocycles. The molecular formula is C11H17NO4. The lowest BCUT2D eigenvalue weighted by Gasteiger charge is -2.33. The van der Waals surface area contributed by atoms with Crippen molar-refractivity contribution in [3.05, 3.63) is 12.2 Å². The molecule has 0 bridgehead atoms. The summed E-state index contributed by atoms with van der Waals surface area (Å²) in [7, 11) is 0. The summed E-state index contributed by atoms with van der Waals surface area (Å²) in [5.74, 6) is -0.466. The van der Waals surface area contributed by atoms with Crippen LogP contribution < -0.4 is 0 Å². The molecule has 1 aliphatic rings. The molecule has 16 heavy (non-hydrogen) atoms. The van der Waals surface area contributed by atoms with Gasteiger partial charge in [0.25, 0.3) is 5.91 Å². The topological polar surface area (TPSA) is 66.8 Å². The van der Waals surface area contributed by atoms with E-state index in [1.54, 1.807) is 27.7 Å². The van der Waals surface area contributed by atoms with E-state index in [9.17, 15) is 14.7 Å². The van der Waals surface area contributed by atoms with Crippen molar-refractivity contribution in [3.63, 3.8) is 0 Å². The summed E-state index contributed by atoms with van der Waals surface area (Å²) in [6, 6.07) is -0.604. The monoisotopic (exact) mass is 227 g/mol. The van der Waals surface area contributed by atoms with E-state index < -0.39 is 29.7 Å². The fourth-order valence-corrected chi connectivity index (χ4v) is 1.34. The van der Waals surface area contributed by atoms with Gasteiger partial charge in [0.2, 0.25) is 0 Å². The normalized spacial score (nSPS) is 25.8. The average molecular weight is 227 g/mol. The van der Waals surface area contributed by atoms with Crippen LogP contribution in [0.2, 0.25) is 0 Å². The molecule has 0 unspecified atom stereocenters. The van der Waals surface area contributed by atoms with Gasteiger partial charge < -0.3 is 9.84 Å². The van der Waals surface area contributed by atoms with Crippen molar-refractivity contribution >= 4 is 12.0 Å². The van der Waals surface area contributed by atoms with Gasteiger partial charge in [0.05, 0.1) is 12.1 Å². The molecule has 0 aromatic carbocycles. The predicted molar refractivity (Wildman–Crippen MR) is 57.7 cm³/mol. The number of hydrogen-bond donors (Lipinski definition) is 1. The lowest BCUT2D eigenvalue weighted by atomic mass is 10.1. The Morgan fingerprint density at radius 3 is 2.56 bits per heavy atom. The summed E-state index contributed by atoms with van der Waals surface area (Å²) in [6.07, 6.45) is 0.973. The molecule has 0 aliphatic carbocycles. The largest absolute Gasteiger partial charge is 0.443 e. The second-order valence-corrected chi connectivity index (χ2v) is 4.78. The highest BCUT2D eigenvalue weighted by atomic mass is 16.6. The first-order chi connectivity index (χ1) is 7.22. The first-order valence-corrected chi connectivity index (χ1v) is 5.15. The zero-order valence-electron chi connectivity index (χ0n) is 9.93. The third kappa shape index (κ3) is 2.82. The van der Waals surface area contributed by atoms with Crippen LogP contribution in [-0.4, -0.2) is 39.8 Å². The van der Waals surface area contributed by atoms with Gasteiger partial charge in [-0.2, -0.15) is 0 Å². The Bertz CT molecular complexity index is 329. The van der Waals surface area contributed by atoms with Crippen LogP contribution in [0.4, 0.5) is 4.79 Å². The molecule has 0 fully saturated rings. The molecule has 5 heteroatoms. The van der Waals surface area contributed by atoms with E-state index >= 15 is 0 Å². The fraction of sp³-hybridized carbons (Fsp3) is 0.636. The molecule has 0 aromatic heterocycles. The van der Waals surface area contributed by atoms with E-state index in [2.05, 4.69) is 0 Å². The van der Waals surface area contributed by atoms with Crippen molar-refractivity contribution in [3.8, 4) is 0 Å². The molecule has 0 saturated heterocycles. The minimum Gasteiger partial charge on any atom is -0.443 e. The summed E-state index contributed by atoms with van der Waals surface area (Å²) in [5.41, 5.74) is -0.663. The predicted octanol–water partition coefficient (Wildman–Crippen LogP) is 1.07. The summed E-state index contributed by atoms with van der Waals surface area (Å²) < 4.78 is 5.09. The van der Waals surface area contributed by atoms with Crippen LogP contribution in [0.5, 0.6) is 0 Å². The quantitative estimate of drug-likeness (QED) is 0.672. The lowest BCUT2D eigenvalue weighted by Crippen LogP contribution is -2.51. The van der Waals surface area contributed by atoms with Crippen LogP contribution in [0, 0.1) is 0 Å². The van der Waals surface area contributed by atoms with E-state index in [1.807, 2.05) is 0 Å². The molecule has 0 spiro atoms. The lowest BCUT2D eigenvalue weighted by molar-refractivity contribution is -0.129. The van der Waals surface area contributed by atoms with Gasteiger partial charge in [-0.15, -0.1) is 0 Å². The van der Waals surface area contributed by atoms with Crippen LogP contribution in [-0.2, 0) is 9.53 Å². The zero-order chi connectivity index (χ0) is 12.5. The van der Waals surface area contributed by atoms with E-state index in [0.717, 1.165) is 4.90 Å². The fourth-order valence-electron chi connectivity index (χ4n) is 1.34. The number of carbonyl (C=O) groups excluding carboxylic acids is 2. The van der Waals surface area contributed by atoms with Crippen LogP contribution in [0.15, 0.2) is 12.2 Å². The molecule has 0 aromatic rings. The Labute approximate surface area is 94.7 Å². The molecular weight excluding hydrogens is 210 g/mol. The second kappa shape index (κ2) is 4.25. The number of imide groups is 1. The van der Waals surface area contributed by atoms with Crippen LogP contribution in [0.25, 0.3) is 0 Å². The molecule has 1 rings (SSSR count). The Morgan fingerprint density at radius 2 is 2.06 bits per heavy atom. The van der Waals surface area contributed by atoms with Gasteiger partial charge in [0, 0.05) is 6.08 Å². The molecule has 1 heterocycles. The molecule has 1 aliphatic heterocycles. The summed E-state index contributed by atoms with van der Waals surface area (Å²) in [5, 5.41) is 9.52. The second-order valence-electron chi connectivity index (χ2n) is 4.78. The van der Waals surface area contributed by atoms with Crippen molar-refractivity contribution < 1.29 is 19.4 Å². The Balaban J connectivity index is 2.83. The minimum absolute atomic E-state index is 0.466. The van der Waals surface area contributed by atoms with Gasteiger partial charge in [0.1, 0.15) is 5.60 Å². The van der Waals surface area contributed by atoms with Gasteiger partial charge in [-0.05, 0) is 33.8 Å². The summed E-state index contributed by atoms with van der Waals surface area (Å²) >= 11 is 0. The first-order valence-electron chi connectivity index (χ1n) is 5.15. The van der Waals surface area contributed by atoms with Gasteiger partial charge in [-0.25, -0.2) is 9.69 Å². The maximum Gasteiger partial charge on any atom is 0.417 e. The van der Waals surface area contributed by atoms with E-state index in [1.165, 1.54) is 12.2 Å². The van der Waals surface area contributed by atoms with Crippen molar-refractivity contribution in [1.29, 1.82) is 0 Å². The molecule has 0 radical (unpaired) electrons. The maximum absolute atomic E-state index is 11.7. The number of rotatable bonds is 0. The number of carbonyl (C=O) groups is 2. The zero-order valence-corrected chi connectivity index (χ0v) is 9.93. The first kappa shape index (κ1) is 12.7. The molecule has 90 valence electrons. The summed E-state index contributed by atoms with van der Waals surface area (Å²) in [4.78, 5) is 24.1. The van der Waals surface area contributed by atoms with Crippen LogP contribution >= 0.6 is 0 Å². The summed E-state index contributed by atoms with van der Waals surface area (Å²) in [6.45, 7) is 6.75. The molecule has 2 atom stereocenters. The highest BCUT2D eigenvalue weighted by molar-refractivity contribution is 6.00. The maximum atomic E-state index is 11.7. The average Bonchev–Trinajstić information content (AvgIpc) is 2.09. The molecule has 2 amide bonds. The molecule has 1 N–H and O–H groups in total. The smallest absolute Gasteiger partial charge is 0.417 e. The number of aliphatic hydroxyl groups is 1. The van der Waals surface area contributed by atoms with E-state index in [-0.39, 0.29) is 0 Å². The van der Waals surface area contributed by atoms with E-state index in [0.29, 0.717) is 0 Å². The standard InChI is InChI=1S/C11H17NO4/c1-7-8(13)5-6-9(14)12(7)10(15)16-11(2,3)4/h5-8,13H,1-4H3/t7-,8+/m0/s1. The highest BCUT2D eigenvalue weighted by Crippen LogP contribution is 2.17. The third-order valence-corrected chi connectivity index (χ3v) is 2.17. The Kier molecular flexibility index (Phi) is 3.38. The number of amides is 2. The van der Waals surface area contributed by atoms with E-state index in [4.69, 9.17) is 4.74 Å². The van der Waals surface area contributed by atoms with Gasteiger partial charge in [0.15, 0.2) is 0 Å². The van der Waals surface area contributed by atoms with Crippen molar-refractivity contribution in [1.82, 2.24) is 4.90 Å². The van der Waals surface area contributed by atoms with Crippen molar-refractivity contribution in [2.45, 2.75) is 45.4 Å². The number of nitrogens with zero attached hydrogens (tertiary/aromatic N) is 1. The van der Waals surface area contributed by atoms with Gasteiger partial charge in [-0.3, -0.25) is 4.79 Å². The highest BCUT2D eigenvalue weighted by Gasteiger charge is 2.35. The Morgan fingerprint density at radius 1 is 1.50 bits per heavy atom. The van der Waals surface area contributed by atoms with Crippen molar-refractivity contribution in [2.75, 3.05) is 0 Å². The number of hydrogen-bond acceptors (Lipinski definition) is 4. The van der Waals surface area contributed by atoms with Crippen LogP contribution in [0.1, 0.15) is 27.7 Å². The van der Waals surface area contributed by atoms with Gasteiger partial charge in [-0.1, -0.05) is 0 Å². The van der Waals surface area contributed by atoms with Gasteiger partial charge >= 0.3 is 6.09 Å².